The fraction of sp³-hybridized carbons (Fsp3) is 0. The maximum atomic E-state index is 10.6. The Kier molecular flexibility index (Phi) is 3.64. The molecule has 0 spiro atoms. The second-order valence-electron chi connectivity index (χ2n) is 3.22. The van der Waals surface area contributed by atoms with Crippen LogP contribution >= 0.6 is 23.2 Å². The van der Waals surface area contributed by atoms with E-state index in [2.05, 4.69) is 9.97 Å². The van der Waals surface area contributed by atoms with Crippen molar-refractivity contribution >= 4 is 29.2 Å². The van der Waals surface area contributed by atoms with Gasteiger partial charge in [0, 0.05) is 11.1 Å². The standard InChI is InChI=1S/C11H6Cl2N2O3/c12-6-1-2-7(13)9(3-6)18-10-5-14-8(4-15-10)11(16)17/h1-5H,(H,16,17). The second-order valence-corrected chi connectivity index (χ2v) is 4.07. The summed E-state index contributed by atoms with van der Waals surface area (Å²) in [5.74, 6) is -0.708. The van der Waals surface area contributed by atoms with Crippen molar-refractivity contribution in [3.63, 3.8) is 0 Å². The average Bonchev–Trinajstić information content (AvgIpc) is 2.34. The van der Waals surface area contributed by atoms with Gasteiger partial charge in [-0.3, -0.25) is 0 Å². The second kappa shape index (κ2) is 5.20. The van der Waals surface area contributed by atoms with Crippen LogP contribution in [-0.4, -0.2) is 21.0 Å². The monoisotopic (exact) mass is 284 g/mol. The molecule has 0 aliphatic rings. The van der Waals surface area contributed by atoms with Crippen LogP contribution in [0.15, 0.2) is 30.6 Å². The number of carbonyl (C=O) groups is 1. The summed E-state index contributed by atoms with van der Waals surface area (Å²) in [6.45, 7) is 0. The van der Waals surface area contributed by atoms with E-state index in [1.54, 1.807) is 12.1 Å². The summed E-state index contributed by atoms with van der Waals surface area (Å²) < 4.78 is 5.34. The van der Waals surface area contributed by atoms with E-state index < -0.39 is 5.97 Å². The van der Waals surface area contributed by atoms with E-state index in [0.29, 0.717) is 15.8 Å². The highest BCUT2D eigenvalue weighted by Crippen LogP contribution is 2.30. The van der Waals surface area contributed by atoms with Gasteiger partial charge in [0.2, 0.25) is 5.88 Å². The number of rotatable bonds is 3. The molecule has 0 aliphatic heterocycles. The molecule has 18 heavy (non-hydrogen) atoms. The van der Waals surface area contributed by atoms with Gasteiger partial charge in [0.1, 0.15) is 5.75 Å². The lowest BCUT2D eigenvalue weighted by atomic mass is 10.3. The number of benzene rings is 1. The molecule has 7 heteroatoms. The van der Waals surface area contributed by atoms with Crippen LogP contribution in [0.3, 0.4) is 0 Å². The molecule has 0 fully saturated rings. The molecule has 5 nitrogen and oxygen atoms in total. The van der Waals surface area contributed by atoms with E-state index in [-0.39, 0.29) is 11.6 Å². The molecule has 0 saturated heterocycles. The van der Waals surface area contributed by atoms with E-state index in [0.717, 1.165) is 6.20 Å². The van der Waals surface area contributed by atoms with Crippen LogP contribution in [0.25, 0.3) is 0 Å². The molecule has 1 aromatic carbocycles. The number of carboxylic acids is 1. The molecule has 0 radical (unpaired) electrons. The highest BCUT2D eigenvalue weighted by atomic mass is 35.5. The maximum Gasteiger partial charge on any atom is 0.356 e. The number of aromatic carboxylic acids is 1. The van der Waals surface area contributed by atoms with Gasteiger partial charge in [-0.1, -0.05) is 23.2 Å². The van der Waals surface area contributed by atoms with Gasteiger partial charge in [-0.15, -0.1) is 0 Å². The zero-order valence-electron chi connectivity index (χ0n) is 8.80. The smallest absolute Gasteiger partial charge is 0.356 e. The first-order chi connectivity index (χ1) is 8.56. The summed E-state index contributed by atoms with van der Waals surface area (Å²) in [5, 5.41) is 9.49. The van der Waals surface area contributed by atoms with Crippen LogP contribution in [0.5, 0.6) is 11.6 Å². The molecule has 0 saturated carbocycles. The van der Waals surface area contributed by atoms with Gasteiger partial charge in [-0.25, -0.2) is 14.8 Å². The summed E-state index contributed by atoms with van der Waals surface area (Å²) >= 11 is 11.7. The molecule has 0 aliphatic carbocycles. The summed E-state index contributed by atoms with van der Waals surface area (Å²) in [4.78, 5) is 18.0. The number of nitrogens with zero attached hydrogens (tertiary/aromatic N) is 2. The van der Waals surface area contributed by atoms with E-state index in [4.69, 9.17) is 33.0 Å². The molecule has 2 rings (SSSR count). The lowest BCUT2D eigenvalue weighted by molar-refractivity contribution is 0.0690. The van der Waals surface area contributed by atoms with E-state index >= 15 is 0 Å². The summed E-state index contributed by atoms with van der Waals surface area (Å²) in [7, 11) is 0. The lowest BCUT2D eigenvalue weighted by Crippen LogP contribution is -2.01. The van der Waals surface area contributed by atoms with Crippen molar-refractivity contribution in [2.75, 3.05) is 0 Å². The van der Waals surface area contributed by atoms with Crippen molar-refractivity contribution in [1.29, 1.82) is 0 Å². The molecule has 2 aromatic rings. The fourth-order valence-electron chi connectivity index (χ4n) is 1.15. The SMILES string of the molecule is O=C(O)c1cnc(Oc2cc(Cl)ccc2Cl)cn1. The molecule has 1 N–H and O–H groups in total. The Morgan fingerprint density at radius 3 is 2.61 bits per heavy atom. The predicted molar refractivity (Wildman–Crippen MR) is 65.5 cm³/mol. The zero-order chi connectivity index (χ0) is 13.1. The third-order valence-corrected chi connectivity index (χ3v) is 2.50. The average molecular weight is 285 g/mol. The van der Waals surface area contributed by atoms with Gasteiger partial charge >= 0.3 is 5.97 Å². The third-order valence-electron chi connectivity index (χ3n) is 1.96. The zero-order valence-corrected chi connectivity index (χ0v) is 10.3. The Bertz CT molecular complexity index is 587. The van der Waals surface area contributed by atoms with Crippen molar-refractivity contribution in [1.82, 2.24) is 9.97 Å². The fourth-order valence-corrected chi connectivity index (χ4v) is 1.47. The highest BCUT2D eigenvalue weighted by molar-refractivity contribution is 6.34. The third kappa shape index (κ3) is 2.88. The molecule has 92 valence electrons. The van der Waals surface area contributed by atoms with Gasteiger partial charge < -0.3 is 9.84 Å². The van der Waals surface area contributed by atoms with Crippen LogP contribution in [0.4, 0.5) is 0 Å². The van der Waals surface area contributed by atoms with Gasteiger partial charge in [0.05, 0.1) is 17.4 Å². The quantitative estimate of drug-likeness (QED) is 0.936. The minimum Gasteiger partial charge on any atom is -0.476 e. The molecule has 1 heterocycles. The largest absolute Gasteiger partial charge is 0.476 e. The molecular formula is C11H6Cl2N2O3. The Hall–Kier alpha value is -1.85. The van der Waals surface area contributed by atoms with Crippen molar-refractivity contribution in [2.24, 2.45) is 0 Å². The Labute approximate surface area is 112 Å². The first kappa shape index (κ1) is 12.6. The van der Waals surface area contributed by atoms with Crippen molar-refractivity contribution in [3.05, 3.63) is 46.3 Å². The maximum absolute atomic E-state index is 10.6. The summed E-state index contributed by atoms with van der Waals surface area (Å²) in [5.41, 5.74) is -0.167. The van der Waals surface area contributed by atoms with Crippen LogP contribution < -0.4 is 4.74 Å². The molecule has 1 aromatic heterocycles. The van der Waals surface area contributed by atoms with Gasteiger partial charge in [0.25, 0.3) is 0 Å². The van der Waals surface area contributed by atoms with Crippen molar-refractivity contribution in [2.45, 2.75) is 0 Å². The van der Waals surface area contributed by atoms with Crippen LogP contribution in [0, 0.1) is 0 Å². The molecule has 0 unspecified atom stereocenters. The van der Waals surface area contributed by atoms with Crippen LogP contribution in [0.2, 0.25) is 10.0 Å². The first-order valence-electron chi connectivity index (χ1n) is 4.74. The summed E-state index contributed by atoms with van der Waals surface area (Å²) in [6.07, 6.45) is 2.29. The lowest BCUT2D eigenvalue weighted by Gasteiger charge is -2.06. The normalized spacial score (nSPS) is 10.1. The number of ether oxygens (including phenoxy) is 1. The minimum absolute atomic E-state index is 0.129. The Morgan fingerprint density at radius 1 is 1.22 bits per heavy atom. The number of hydrogen-bond donors (Lipinski definition) is 1. The minimum atomic E-state index is -1.16. The van der Waals surface area contributed by atoms with E-state index in [9.17, 15) is 4.79 Å². The number of halogens is 2. The van der Waals surface area contributed by atoms with Crippen LogP contribution in [0.1, 0.15) is 10.5 Å². The Balaban J connectivity index is 2.23. The predicted octanol–water partition coefficient (Wildman–Crippen LogP) is 3.27. The number of hydrogen-bond acceptors (Lipinski definition) is 4. The molecule has 0 atom stereocenters. The van der Waals surface area contributed by atoms with Gasteiger partial charge in [-0.2, -0.15) is 0 Å². The van der Waals surface area contributed by atoms with E-state index in [1.165, 1.54) is 12.3 Å². The van der Waals surface area contributed by atoms with Gasteiger partial charge in [-0.05, 0) is 12.1 Å². The van der Waals surface area contributed by atoms with Crippen LogP contribution in [-0.2, 0) is 0 Å². The summed E-state index contributed by atoms with van der Waals surface area (Å²) in [6, 6.07) is 4.73. The molecular weight excluding hydrogens is 279 g/mol. The Morgan fingerprint density at radius 2 is 2.00 bits per heavy atom. The topological polar surface area (TPSA) is 72.3 Å². The highest BCUT2D eigenvalue weighted by Gasteiger charge is 2.08. The number of carboxylic acid groups (broad SMARTS) is 1. The van der Waals surface area contributed by atoms with Gasteiger partial charge in [0.15, 0.2) is 5.69 Å². The molecule has 0 amide bonds. The van der Waals surface area contributed by atoms with E-state index in [1.807, 2.05) is 0 Å². The first-order valence-corrected chi connectivity index (χ1v) is 5.50. The van der Waals surface area contributed by atoms with Crippen molar-refractivity contribution < 1.29 is 14.6 Å². The van der Waals surface area contributed by atoms with Crippen molar-refractivity contribution in [3.8, 4) is 11.6 Å². The number of aromatic nitrogens is 2. The molecule has 0 bridgehead atoms.